The second kappa shape index (κ2) is 9.54. The van der Waals surface area contributed by atoms with Crippen molar-refractivity contribution in [2.75, 3.05) is 13.2 Å². The highest BCUT2D eigenvalue weighted by atomic mass is 32.1. The molecule has 0 aliphatic heterocycles. The number of rotatable bonds is 10. The molecule has 1 rings (SSSR count). The van der Waals surface area contributed by atoms with Crippen LogP contribution >= 0.6 is 11.3 Å². The van der Waals surface area contributed by atoms with Crippen molar-refractivity contribution in [2.45, 2.75) is 58.5 Å². The van der Waals surface area contributed by atoms with Crippen LogP contribution in [0.1, 0.15) is 61.3 Å². The van der Waals surface area contributed by atoms with E-state index in [4.69, 9.17) is 10.5 Å². The van der Waals surface area contributed by atoms with Crippen LogP contribution in [0.2, 0.25) is 0 Å². The number of hydrogen-bond donors (Lipinski definition) is 1. The van der Waals surface area contributed by atoms with Crippen LogP contribution in [-0.2, 0) is 4.74 Å². The van der Waals surface area contributed by atoms with Gasteiger partial charge in [-0.05, 0) is 25.5 Å². The molecular weight excluding hydrogens is 242 g/mol. The van der Waals surface area contributed by atoms with Crippen molar-refractivity contribution in [1.29, 1.82) is 0 Å². The van der Waals surface area contributed by atoms with Gasteiger partial charge in [-0.3, -0.25) is 0 Å². The van der Waals surface area contributed by atoms with E-state index in [0.29, 0.717) is 6.54 Å². The van der Waals surface area contributed by atoms with Crippen molar-refractivity contribution < 1.29 is 4.74 Å². The fraction of sp³-hybridized carbons (Fsp3) is 0.733. The van der Waals surface area contributed by atoms with Gasteiger partial charge in [-0.25, -0.2) is 0 Å². The minimum Gasteiger partial charge on any atom is -0.371 e. The third-order valence-corrected chi connectivity index (χ3v) is 4.20. The van der Waals surface area contributed by atoms with Crippen molar-refractivity contribution in [3.05, 3.63) is 21.9 Å². The van der Waals surface area contributed by atoms with Gasteiger partial charge in [-0.15, -0.1) is 11.3 Å². The van der Waals surface area contributed by atoms with Gasteiger partial charge in [0.25, 0.3) is 0 Å². The van der Waals surface area contributed by atoms with Crippen molar-refractivity contribution in [2.24, 2.45) is 5.73 Å². The van der Waals surface area contributed by atoms with E-state index in [-0.39, 0.29) is 6.10 Å². The smallest absolute Gasteiger partial charge is 0.104 e. The van der Waals surface area contributed by atoms with Crippen LogP contribution in [0.4, 0.5) is 0 Å². The molecule has 0 fully saturated rings. The van der Waals surface area contributed by atoms with Crippen LogP contribution in [0, 0.1) is 6.92 Å². The first-order valence-electron chi connectivity index (χ1n) is 7.16. The Labute approximate surface area is 116 Å². The van der Waals surface area contributed by atoms with Crippen molar-refractivity contribution >= 4 is 11.3 Å². The molecular formula is C15H27NOS. The molecule has 0 radical (unpaired) electrons. The topological polar surface area (TPSA) is 35.2 Å². The largest absolute Gasteiger partial charge is 0.371 e. The molecule has 18 heavy (non-hydrogen) atoms. The second-order valence-electron chi connectivity index (χ2n) is 4.81. The minimum atomic E-state index is 0.0966. The first kappa shape index (κ1) is 15.7. The molecule has 0 aliphatic carbocycles. The van der Waals surface area contributed by atoms with E-state index in [2.05, 4.69) is 26.0 Å². The number of unbranched alkanes of at least 4 members (excludes halogenated alkanes) is 5. The van der Waals surface area contributed by atoms with E-state index in [1.165, 1.54) is 41.9 Å². The average molecular weight is 269 g/mol. The highest BCUT2D eigenvalue weighted by molar-refractivity contribution is 7.12. The maximum Gasteiger partial charge on any atom is 0.104 e. The summed E-state index contributed by atoms with van der Waals surface area (Å²) in [5.41, 5.74) is 5.78. The lowest BCUT2D eigenvalue weighted by molar-refractivity contribution is 0.0581. The van der Waals surface area contributed by atoms with Crippen LogP contribution in [0.25, 0.3) is 0 Å². The van der Waals surface area contributed by atoms with Gasteiger partial charge >= 0.3 is 0 Å². The van der Waals surface area contributed by atoms with Crippen LogP contribution in [0.3, 0.4) is 0 Å². The van der Waals surface area contributed by atoms with Gasteiger partial charge in [-0.1, -0.05) is 39.0 Å². The monoisotopic (exact) mass is 269 g/mol. The molecule has 1 heterocycles. The van der Waals surface area contributed by atoms with Crippen LogP contribution in [0.15, 0.2) is 12.1 Å². The molecule has 3 heteroatoms. The van der Waals surface area contributed by atoms with Crippen molar-refractivity contribution in [3.8, 4) is 0 Å². The quantitative estimate of drug-likeness (QED) is 0.638. The molecule has 0 spiro atoms. The van der Waals surface area contributed by atoms with E-state index >= 15 is 0 Å². The Kier molecular flexibility index (Phi) is 8.31. The van der Waals surface area contributed by atoms with Gasteiger partial charge in [0.05, 0.1) is 0 Å². The molecule has 104 valence electrons. The van der Waals surface area contributed by atoms with E-state index < -0.39 is 0 Å². The van der Waals surface area contributed by atoms with Gasteiger partial charge in [-0.2, -0.15) is 0 Å². The standard InChI is InChI=1S/C15H27NOS/c1-3-4-5-6-7-8-11-17-14(12-16)15-10-9-13(2)18-15/h9-10,14H,3-8,11-12,16H2,1-2H3. The molecule has 0 saturated heterocycles. The number of hydrogen-bond acceptors (Lipinski definition) is 3. The summed E-state index contributed by atoms with van der Waals surface area (Å²) in [7, 11) is 0. The zero-order valence-electron chi connectivity index (χ0n) is 11.8. The van der Waals surface area contributed by atoms with E-state index in [0.717, 1.165) is 13.0 Å². The lowest BCUT2D eigenvalue weighted by atomic mass is 10.1. The van der Waals surface area contributed by atoms with Gasteiger partial charge < -0.3 is 10.5 Å². The fourth-order valence-electron chi connectivity index (χ4n) is 2.00. The average Bonchev–Trinajstić information content (AvgIpc) is 2.79. The van der Waals surface area contributed by atoms with E-state index in [1.54, 1.807) is 11.3 Å². The third kappa shape index (κ3) is 5.98. The Hall–Kier alpha value is -0.380. The lowest BCUT2D eigenvalue weighted by Crippen LogP contribution is -2.15. The summed E-state index contributed by atoms with van der Waals surface area (Å²) < 4.78 is 5.88. The predicted octanol–water partition coefficient (Wildman–Crippen LogP) is 4.43. The van der Waals surface area contributed by atoms with Crippen molar-refractivity contribution in [1.82, 2.24) is 0 Å². The fourth-order valence-corrected chi connectivity index (χ4v) is 2.94. The molecule has 1 aromatic heterocycles. The zero-order valence-corrected chi connectivity index (χ0v) is 12.6. The number of aryl methyl sites for hydroxylation is 1. The highest BCUT2D eigenvalue weighted by Crippen LogP contribution is 2.25. The van der Waals surface area contributed by atoms with Gasteiger partial charge in [0.1, 0.15) is 6.10 Å². The summed E-state index contributed by atoms with van der Waals surface area (Å²) >= 11 is 1.79. The summed E-state index contributed by atoms with van der Waals surface area (Å²) in [5, 5.41) is 0. The lowest BCUT2D eigenvalue weighted by Gasteiger charge is -2.14. The molecule has 0 saturated carbocycles. The number of ether oxygens (including phenoxy) is 1. The third-order valence-electron chi connectivity index (χ3n) is 3.11. The maximum absolute atomic E-state index is 5.88. The Balaban J connectivity index is 2.13. The maximum atomic E-state index is 5.88. The summed E-state index contributed by atoms with van der Waals surface area (Å²) in [6.07, 6.45) is 7.90. The summed E-state index contributed by atoms with van der Waals surface area (Å²) in [6, 6.07) is 4.27. The molecule has 1 aromatic rings. The number of thiophene rings is 1. The molecule has 1 unspecified atom stereocenters. The molecule has 0 bridgehead atoms. The number of nitrogens with two attached hydrogens (primary N) is 1. The first-order valence-corrected chi connectivity index (χ1v) is 7.97. The summed E-state index contributed by atoms with van der Waals surface area (Å²) in [6.45, 7) is 5.79. The summed E-state index contributed by atoms with van der Waals surface area (Å²) in [5.74, 6) is 0. The van der Waals surface area contributed by atoms with E-state index in [9.17, 15) is 0 Å². The van der Waals surface area contributed by atoms with E-state index in [1.807, 2.05) is 0 Å². The minimum absolute atomic E-state index is 0.0966. The molecule has 1 atom stereocenters. The SMILES string of the molecule is CCCCCCCCOC(CN)c1ccc(C)s1. The van der Waals surface area contributed by atoms with Gasteiger partial charge in [0.15, 0.2) is 0 Å². The van der Waals surface area contributed by atoms with Crippen LogP contribution < -0.4 is 5.73 Å². The molecule has 2 N–H and O–H groups in total. The molecule has 0 amide bonds. The first-order chi connectivity index (χ1) is 8.77. The Morgan fingerprint density at radius 3 is 2.50 bits per heavy atom. The van der Waals surface area contributed by atoms with Crippen LogP contribution in [-0.4, -0.2) is 13.2 Å². The predicted molar refractivity (Wildman–Crippen MR) is 80.2 cm³/mol. The highest BCUT2D eigenvalue weighted by Gasteiger charge is 2.11. The Bertz CT molecular complexity index is 311. The Morgan fingerprint density at radius 2 is 1.89 bits per heavy atom. The van der Waals surface area contributed by atoms with Gasteiger partial charge in [0.2, 0.25) is 0 Å². The molecule has 0 aromatic carbocycles. The summed E-state index contributed by atoms with van der Waals surface area (Å²) in [4.78, 5) is 2.59. The normalized spacial score (nSPS) is 12.8. The molecule has 2 nitrogen and oxygen atoms in total. The Morgan fingerprint density at radius 1 is 1.17 bits per heavy atom. The zero-order chi connectivity index (χ0) is 13.2. The molecule has 0 aliphatic rings. The van der Waals surface area contributed by atoms with Crippen molar-refractivity contribution in [3.63, 3.8) is 0 Å². The second-order valence-corrected chi connectivity index (χ2v) is 6.13. The van der Waals surface area contributed by atoms with Gasteiger partial charge in [0, 0.05) is 22.9 Å². The van der Waals surface area contributed by atoms with Crippen LogP contribution in [0.5, 0.6) is 0 Å².